The maximum absolute atomic E-state index is 13.0. The molecule has 1 unspecified atom stereocenters. The summed E-state index contributed by atoms with van der Waals surface area (Å²) in [5.41, 5.74) is 4.33. The molecule has 158 valence electrons. The standard InChI is InChI=1S/C24H26N6O/c1-17-13-21(29-28-17)22(31)30-12-11-24(16-30)23(25-14-18-7-3-2-4-8-18)27-20-10-6-5-9-19(20)15-26-24/h2-10,13,26H,11-12,14-16H2,1H3,(H,25,27)(H,28,29). The molecule has 31 heavy (non-hydrogen) atoms. The van der Waals surface area contributed by atoms with E-state index in [2.05, 4.69) is 45.1 Å². The van der Waals surface area contributed by atoms with Gasteiger partial charge >= 0.3 is 0 Å². The molecule has 5 rings (SSSR count). The SMILES string of the molecule is Cc1cc(C(=O)N2CCC3(C2)NCc2ccccc2NC3=NCc2ccccc2)n[nH]1. The zero-order chi connectivity index (χ0) is 21.3. The number of aromatic amines is 1. The lowest BCUT2D eigenvalue weighted by Crippen LogP contribution is -2.55. The average molecular weight is 415 g/mol. The summed E-state index contributed by atoms with van der Waals surface area (Å²) in [6, 6.07) is 20.3. The molecule has 2 aliphatic heterocycles. The van der Waals surface area contributed by atoms with E-state index in [4.69, 9.17) is 4.99 Å². The van der Waals surface area contributed by atoms with Gasteiger partial charge in [-0.1, -0.05) is 48.5 Å². The van der Waals surface area contributed by atoms with Gasteiger partial charge in [-0.05, 0) is 36.6 Å². The smallest absolute Gasteiger partial charge is 0.274 e. The number of para-hydroxylation sites is 1. The number of hydrogen-bond acceptors (Lipinski definition) is 4. The number of likely N-dealkylation sites (tertiary alicyclic amines) is 1. The normalized spacial score (nSPS) is 21.7. The van der Waals surface area contributed by atoms with Gasteiger partial charge in [0.1, 0.15) is 11.5 Å². The van der Waals surface area contributed by atoms with Gasteiger partial charge < -0.3 is 10.2 Å². The number of aryl methyl sites for hydroxylation is 1. The zero-order valence-corrected chi connectivity index (χ0v) is 17.6. The van der Waals surface area contributed by atoms with Crippen molar-refractivity contribution in [1.82, 2.24) is 20.4 Å². The topological polar surface area (TPSA) is 85.4 Å². The van der Waals surface area contributed by atoms with Crippen LogP contribution < -0.4 is 10.6 Å². The molecule has 1 spiro atoms. The van der Waals surface area contributed by atoms with Gasteiger partial charge in [0, 0.05) is 31.0 Å². The first kappa shape index (κ1) is 19.5. The molecule has 2 aromatic carbocycles. The Morgan fingerprint density at radius 3 is 2.77 bits per heavy atom. The number of amidine groups is 1. The highest BCUT2D eigenvalue weighted by atomic mass is 16.2. The van der Waals surface area contributed by atoms with Crippen LogP contribution in [0.1, 0.15) is 33.7 Å². The number of anilines is 1. The number of amides is 1. The Morgan fingerprint density at radius 2 is 1.97 bits per heavy atom. The number of fused-ring (bicyclic) bond motifs is 1. The number of hydrogen-bond donors (Lipinski definition) is 3. The van der Waals surface area contributed by atoms with Crippen molar-refractivity contribution < 1.29 is 4.79 Å². The van der Waals surface area contributed by atoms with E-state index in [1.807, 2.05) is 42.2 Å². The summed E-state index contributed by atoms with van der Waals surface area (Å²) in [4.78, 5) is 19.9. The molecule has 3 heterocycles. The summed E-state index contributed by atoms with van der Waals surface area (Å²) >= 11 is 0. The fourth-order valence-electron chi connectivity index (χ4n) is 4.35. The number of benzene rings is 2. The minimum atomic E-state index is -0.422. The molecule has 1 atom stereocenters. The second-order valence-corrected chi connectivity index (χ2v) is 8.28. The molecule has 1 saturated heterocycles. The van der Waals surface area contributed by atoms with Gasteiger partial charge in [-0.3, -0.25) is 20.2 Å². The van der Waals surface area contributed by atoms with Crippen molar-refractivity contribution in [2.24, 2.45) is 4.99 Å². The molecular weight excluding hydrogens is 388 g/mol. The molecule has 2 aliphatic rings. The van der Waals surface area contributed by atoms with Gasteiger partial charge in [0.25, 0.3) is 5.91 Å². The van der Waals surface area contributed by atoms with Crippen LogP contribution in [0.3, 0.4) is 0 Å². The Hall–Kier alpha value is -3.45. The summed E-state index contributed by atoms with van der Waals surface area (Å²) in [5, 5.41) is 14.3. The van der Waals surface area contributed by atoms with E-state index in [9.17, 15) is 4.79 Å². The lowest BCUT2D eigenvalue weighted by atomic mass is 9.96. The lowest BCUT2D eigenvalue weighted by molar-refractivity contribution is 0.0780. The van der Waals surface area contributed by atoms with Gasteiger partial charge in [-0.25, -0.2) is 0 Å². The number of rotatable bonds is 3. The van der Waals surface area contributed by atoms with Gasteiger partial charge in [-0.2, -0.15) is 5.10 Å². The Kier molecular flexibility index (Phi) is 5.03. The third-order valence-electron chi connectivity index (χ3n) is 6.09. The minimum absolute atomic E-state index is 0.0489. The van der Waals surface area contributed by atoms with E-state index >= 15 is 0 Å². The Labute approximate surface area is 181 Å². The molecule has 0 saturated carbocycles. The highest BCUT2D eigenvalue weighted by Crippen LogP contribution is 2.30. The number of aliphatic imine (C=N–C) groups is 1. The van der Waals surface area contributed by atoms with Crippen LogP contribution in [0.15, 0.2) is 65.7 Å². The van der Waals surface area contributed by atoms with Gasteiger partial charge in [-0.15, -0.1) is 0 Å². The highest BCUT2D eigenvalue weighted by Gasteiger charge is 2.45. The fourth-order valence-corrected chi connectivity index (χ4v) is 4.35. The monoisotopic (exact) mass is 414 g/mol. The van der Waals surface area contributed by atoms with Crippen molar-refractivity contribution in [3.63, 3.8) is 0 Å². The third kappa shape index (κ3) is 3.84. The van der Waals surface area contributed by atoms with E-state index in [0.717, 1.165) is 35.7 Å². The van der Waals surface area contributed by atoms with Crippen LogP contribution in [0, 0.1) is 6.92 Å². The van der Waals surface area contributed by atoms with Crippen LogP contribution in [0.25, 0.3) is 0 Å². The molecule has 7 heteroatoms. The lowest BCUT2D eigenvalue weighted by Gasteiger charge is -2.30. The molecule has 7 nitrogen and oxygen atoms in total. The average Bonchev–Trinajstić information content (AvgIpc) is 3.39. The second kappa shape index (κ2) is 8.00. The Bertz CT molecular complexity index is 1120. The number of nitrogens with zero attached hydrogens (tertiary/aromatic N) is 3. The van der Waals surface area contributed by atoms with E-state index < -0.39 is 5.54 Å². The van der Waals surface area contributed by atoms with Crippen molar-refractivity contribution in [3.8, 4) is 0 Å². The Balaban J connectivity index is 1.45. The minimum Gasteiger partial charge on any atom is -0.342 e. The van der Waals surface area contributed by atoms with Crippen molar-refractivity contribution >= 4 is 17.4 Å². The highest BCUT2D eigenvalue weighted by molar-refractivity contribution is 6.05. The molecule has 1 aromatic heterocycles. The number of carbonyl (C=O) groups excluding carboxylic acids is 1. The first-order valence-electron chi connectivity index (χ1n) is 10.6. The van der Waals surface area contributed by atoms with E-state index in [1.54, 1.807) is 6.07 Å². The number of carbonyl (C=O) groups is 1. The van der Waals surface area contributed by atoms with E-state index in [1.165, 1.54) is 5.56 Å². The largest absolute Gasteiger partial charge is 0.342 e. The fraction of sp³-hybridized carbons (Fsp3) is 0.292. The second-order valence-electron chi connectivity index (χ2n) is 8.28. The van der Waals surface area contributed by atoms with E-state index in [-0.39, 0.29) is 5.91 Å². The zero-order valence-electron chi connectivity index (χ0n) is 17.6. The number of aromatic nitrogens is 2. The molecule has 1 fully saturated rings. The molecule has 0 aliphatic carbocycles. The van der Waals surface area contributed by atoms with Crippen molar-refractivity contribution in [2.75, 3.05) is 18.4 Å². The van der Waals surface area contributed by atoms with Crippen molar-refractivity contribution in [2.45, 2.75) is 32.0 Å². The Morgan fingerprint density at radius 1 is 1.16 bits per heavy atom. The van der Waals surface area contributed by atoms with Gasteiger partial charge in [0.15, 0.2) is 0 Å². The molecule has 0 radical (unpaired) electrons. The first-order chi connectivity index (χ1) is 15.1. The maximum atomic E-state index is 13.0. The summed E-state index contributed by atoms with van der Waals surface area (Å²) in [6.07, 6.45) is 0.788. The summed E-state index contributed by atoms with van der Waals surface area (Å²) in [6.45, 7) is 4.41. The van der Waals surface area contributed by atoms with Crippen LogP contribution >= 0.6 is 0 Å². The van der Waals surface area contributed by atoms with Crippen LogP contribution in [0.4, 0.5) is 5.69 Å². The van der Waals surface area contributed by atoms with Gasteiger partial charge in [0.05, 0.1) is 12.1 Å². The summed E-state index contributed by atoms with van der Waals surface area (Å²) in [5.74, 6) is 0.835. The van der Waals surface area contributed by atoms with Crippen LogP contribution in [0.2, 0.25) is 0 Å². The summed E-state index contributed by atoms with van der Waals surface area (Å²) in [7, 11) is 0. The molecule has 3 aromatic rings. The van der Waals surface area contributed by atoms with Crippen molar-refractivity contribution in [3.05, 3.63) is 83.2 Å². The predicted octanol–water partition coefficient (Wildman–Crippen LogP) is 3.12. The summed E-state index contributed by atoms with van der Waals surface area (Å²) < 4.78 is 0. The number of nitrogens with one attached hydrogen (secondary N) is 3. The molecular formula is C24H26N6O. The van der Waals surface area contributed by atoms with Gasteiger partial charge in [0.2, 0.25) is 0 Å². The van der Waals surface area contributed by atoms with Crippen LogP contribution in [-0.4, -0.2) is 45.5 Å². The molecule has 3 N–H and O–H groups in total. The van der Waals surface area contributed by atoms with E-state index in [0.29, 0.717) is 25.3 Å². The third-order valence-corrected chi connectivity index (χ3v) is 6.09. The van der Waals surface area contributed by atoms with Crippen LogP contribution in [0.5, 0.6) is 0 Å². The first-order valence-corrected chi connectivity index (χ1v) is 10.6. The predicted molar refractivity (Wildman–Crippen MR) is 121 cm³/mol. The molecule has 1 amide bonds. The maximum Gasteiger partial charge on any atom is 0.274 e. The quantitative estimate of drug-likeness (QED) is 0.615. The molecule has 0 bridgehead atoms. The van der Waals surface area contributed by atoms with Crippen LogP contribution in [-0.2, 0) is 13.1 Å². The number of H-pyrrole nitrogens is 1. The van der Waals surface area contributed by atoms with Crippen molar-refractivity contribution in [1.29, 1.82) is 0 Å².